The molecule has 0 bridgehead atoms. The van der Waals surface area contributed by atoms with Gasteiger partial charge < -0.3 is 4.74 Å². The van der Waals surface area contributed by atoms with Crippen molar-refractivity contribution in [3.8, 4) is 16.9 Å². The van der Waals surface area contributed by atoms with Gasteiger partial charge in [0.2, 0.25) is 0 Å². The molecule has 1 aromatic carbocycles. The summed E-state index contributed by atoms with van der Waals surface area (Å²) < 4.78 is 6.89. The third-order valence-corrected chi connectivity index (χ3v) is 2.67. The highest BCUT2D eigenvalue weighted by atomic mass is 16.5. The summed E-state index contributed by atoms with van der Waals surface area (Å²) in [6.07, 6.45) is 5.54. The molecule has 0 aliphatic carbocycles. The first kappa shape index (κ1) is 9.84. The van der Waals surface area contributed by atoms with E-state index in [-0.39, 0.29) is 0 Å². The van der Waals surface area contributed by atoms with E-state index in [1.165, 1.54) is 0 Å². The first-order chi connectivity index (χ1) is 8.36. The molecule has 0 fully saturated rings. The maximum atomic E-state index is 5.13. The molecular weight excluding hydrogens is 214 g/mol. The zero-order valence-corrected chi connectivity index (χ0v) is 9.37. The molecule has 3 aromatic rings. The molecule has 0 saturated carbocycles. The lowest BCUT2D eigenvalue weighted by atomic mass is 10.1. The van der Waals surface area contributed by atoms with Gasteiger partial charge in [0.05, 0.1) is 13.3 Å². The fourth-order valence-electron chi connectivity index (χ4n) is 1.74. The van der Waals surface area contributed by atoms with Crippen LogP contribution in [0, 0.1) is 0 Å². The van der Waals surface area contributed by atoms with E-state index in [1.807, 2.05) is 42.7 Å². The number of hydrogen-bond acceptors (Lipinski definition) is 3. The zero-order chi connectivity index (χ0) is 11.7. The van der Waals surface area contributed by atoms with E-state index in [1.54, 1.807) is 17.8 Å². The van der Waals surface area contributed by atoms with Crippen LogP contribution in [0.5, 0.6) is 5.75 Å². The Balaban J connectivity index is 2.06. The summed E-state index contributed by atoms with van der Waals surface area (Å²) in [5, 5.41) is 4.17. The smallest absolute Gasteiger partial charge is 0.154 e. The summed E-state index contributed by atoms with van der Waals surface area (Å²) in [6, 6.07) is 9.75. The van der Waals surface area contributed by atoms with Crippen molar-refractivity contribution in [2.75, 3.05) is 7.11 Å². The van der Waals surface area contributed by atoms with Crippen molar-refractivity contribution in [2.45, 2.75) is 0 Å². The van der Waals surface area contributed by atoms with Crippen LogP contribution in [0.15, 0.2) is 48.9 Å². The molecule has 4 nitrogen and oxygen atoms in total. The van der Waals surface area contributed by atoms with Crippen LogP contribution in [0.2, 0.25) is 0 Å². The molecule has 0 unspecified atom stereocenters. The molecule has 4 heteroatoms. The Kier molecular flexibility index (Phi) is 2.26. The predicted octanol–water partition coefficient (Wildman–Crippen LogP) is 2.40. The molecule has 2 aromatic heterocycles. The van der Waals surface area contributed by atoms with Gasteiger partial charge in [0.25, 0.3) is 0 Å². The maximum absolute atomic E-state index is 5.13. The lowest BCUT2D eigenvalue weighted by Gasteiger charge is -2.03. The Hall–Kier alpha value is -2.36. The van der Waals surface area contributed by atoms with Crippen molar-refractivity contribution in [3.63, 3.8) is 0 Å². The molecule has 0 saturated heterocycles. The molecule has 0 aliphatic rings. The van der Waals surface area contributed by atoms with Crippen molar-refractivity contribution in [2.24, 2.45) is 0 Å². The number of methoxy groups -OCH3 is 1. The van der Waals surface area contributed by atoms with Crippen LogP contribution in [0.3, 0.4) is 0 Å². The second-order valence-electron chi connectivity index (χ2n) is 3.71. The van der Waals surface area contributed by atoms with Crippen LogP contribution in [-0.2, 0) is 0 Å². The summed E-state index contributed by atoms with van der Waals surface area (Å²) in [4.78, 5) is 4.33. The van der Waals surface area contributed by atoms with E-state index in [4.69, 9.17) is 4.74 Å². The lowest BCUT2D eigenvalue weighted by Crippen LogP contribution is -1.91. The maximum Gasteiger partial charge on any atom is 0.154 e. The first-order valence-corrected chi connectivity index (χ1v) is 5.30. The fraction of sp³-hybridized carbons (Fsp3) is 0.0769. The molecule has 0 spiro atoms. The molecule has 17 heavy (non-hydrogen) atoms. The number of fused-ring (bicyclic) bond motifs is 1. The van der Waals surface area contributed by atoms with E-state index in [0.29, 0.717) is 0 Å². The molecule has 84 valence electrons. The van der Waals surface area contributed by atoms with Gasteiger partial charge in [0.15, 0.2) is 5.65 Å². The van der Waals surface area contributed by atoms with E-state index >= 15 is 0 Å². The normalized spacial score (nSPS) is 10.6. The molecule has 3 rings (SSSR count). The van der Waals surface area contributed by atoms with Crippen molar-refractivity contribution >= 4 is 5.65 Å². The number of nitrogens with zero attached hydrogens (tertiary/aromatic N) is 3. The zero-order valence-electron chi connectivity index (χ0n) is 9.37. The van der Waals surface area contributed by atoms with Crippen molar-refractivity contribution < 1.29 is 4.74 Å². The number of ether oxygens (including phenoxy) is 1. The van der Waals surface area contributed by atoms with Gasteiger partial charge in [0.1, 0.15) is 5.75 Å². The first-order valence-electron chi connectivity index (χ1n) is 5.30. The monoisotopic (exact) mass is 225 g/mol. The Labute approximate surface area is 98.5 Å². The van der Waals surface area contributed by atoms with Crippen LogP contribution < -0.4 is 4.74 Å². The summed E-state index contributed by atoms with van der Waals surface area (Å²) >= 11 is 0. The summed E-state index contributed by atoms with van der Waals surface area (Å²) in [5.74, 6) is 0.849. The SMILES string of the molecule is COc1ccc(-c2cnc3ccnn3c2)cc1. The Morgan fingerprint density at radius 1 is 1.06 bits per heavy atom. The van der Waals surface area contributed by atoms with Gasteiger partial charge in [-0.1, -0.05) is 12.1 Å². The second-order valence-corrected chi connectivity index (χ2v) is 3.71. The number of aromatic nitrogens is 3. The summed E-state index contributed by atoms with van der Waals surface area (Å²) in [5.41, 5.74) is 2.97. The van der Waals surface area contributed by atoms with Crippen LogP contribution in [-0.4, -0.2) is 21.7 Å². The Bertz CT molecular complexity index is 643. The Morgan fingerprint density at radius 2 is 1.88 bits per heavy atom. The average Bonchev–Trinajstić information content (AvgIpc) is 2.86. The van der Waals surface area contributed by atoms with Crippen LogP contribution in [0.25, 0.3) is 16.8 Å². The van der Waals surface area contributed by atoms with Crippen LogP contribution >= 0.6 is 0 Å². The molecule has 0 N–H and O–H groups in total. The van der Waals surface area contributed by atoms with Gasteiger partial charge in [-0.05, 0) is 17.7 Å². The third kappa shape index (κ3) is 1.73. The lowest BCUT2D eigenvalue weighted by molar-refractivity contribution is 0.415. The molecule has 0 radical (unpaired) electrons. The van der Waals surface area contributed by atoms with E-state index in [2.05, 4.69) is 10.1 Å². The number of hydrogen-bond donors (Lipinski definition) is 0. The van der Waals surface area contributed by atoms with Crippen LogP contribution in [0.4, 0.5) is 0 Å². The highest BCUT2D eigenvalue weighted by molar-refractivity contribution is 5.63. The van der Waals surface area contributed by atoms with Gasteiger partial charge >= 0.3 is 0 Å². The molecule has 0 amide bonds. The van der Waals surface area contributed by atoms with Crippen molar-refractivity contribution in [1.29, 1.82) is 0 Å². The van der Waals surface area contributed by atoms with Crippen molar-refractivity contribution in [1.82, 2.24) is 14.6 Å². The number of rotatable bonds is 2. The van der Waals surface area contributed by atoms with Gasteiger partial charge in [-0.2, -0.15) is 5.10 Å². The van der Waals surface area contributed by atoms with Gasteiger partial charge in [-0.25, -0.2) is 9.50 Å². The molecule has 0 aliphatic heterocycles. The van der Waals surface area contributed by atoms with Gasteiger partial charge in [0, 0.05) is 24.0 Å². The van der Waals surface area contributed by atoms with E-state index < -0.39 is 0 Å². The quantitative estimate of drug-likeness (QED) is 0.672. The minimum absolute atomic E-state index is 0.849. The highest BCUT2D eigenvalue weighted by Crippen LogP contribution is 2.21. The van der Waals surface area contributed by atoms with Gasteiger partial charge in [-0.15, -0.1) is 0 Å². The number of benzene rings is 1. The molecule has 2 heterocycles. The minimum Gasteiger partial charge on any atom is -0.497 e. The third-order valence-electron chi connectivity index (χ3n) is 2.67. The van der Waals surface area contributed by atoms with Crippen LogP contribution in [0.1, 0.15) is 0 Å². The van der Waals surface area contributed by atoms with Gasteiger partial charge in [-0.3, -0.25) is 0 Å². The minimum atomic E-state index is 0.849. The Morgan fingerprint density at radius 3 is 2.65 bits per heavy atom. The fourth-order valence-corrected chi connectivity index (χ4v) is 1.74. The molecular formula is C13H11N3O. The largest absolute Gasteiger partial charge is 0.497 e. The van der Waals surface area contributed by atoms with Crippen molar-refractivity contribution in [3.05, 3.63) is 48.9 Å². The average molecular weight is 225 g/mol. The van der Waals surface area contributed by atoms with E-state index in [0.717, 1.165) is 22.5 Å². The predicted molar refractivity (Wildman–Crippen MR) is 65.0 cm³/mol. The second kappa shape index (κ2) is 3.90. The summed E-state index contributed by atoms with van der Waals surface area (Å²) in [7, 11) is 1.66. The molecule has 0 atom stereocenters. The summed E-state index contributed by atoms with van der Waals surface area (Å²) in [6.45, 7) is 0. The standard InChI is InChI=1S/C13H11N3O/c1-17-12-4-2-10(3-5-12)11-8-14-13-6-7-15-16(13)9-11/h2-9H,1H3. The highest BCUT2D eigenvalue weighted by Gasteiger charge is 2.01. The van der Waals surface area contributed by atoms with E-state index in [9.17, 15) is 0 Å². The topological polar surface area (TPSA) is 39.4 Å².